The second kappa shape index (κ2) is 14.2. The van der Waals surface area contributed by atoms with E-state index < -0.39 is 30.9 Å². The maximum absolute atomic E-state index is 11.8. The van der Waals surface area contributed by atoms with Crippen molar-refractivity contribution in [1.29, 1.82) is 10.5 Å². The Morgan fingerprint density at radius 3 is 1.41 bits per heavy atom. The first-order chi connectivity index (χ1) is 16.5. The molecule has 9 nitrogen and oxygen atoms in total. The molecule has 2 aromatic carbocycles. The van der Waals surface area contributed by atoms with E-state index in [1.165, 1.54) is 12.2 Å². The van der Waals surface area contributed by atoms with E-state index in [9.17, 15) is 14.4 Å². The van der Waals surface area contributed by atoms with Crippen LogP contribution in [-0.4, -0.2) is 44.1 Å². The fourth-order valence-corrected chi connectivity index (χ4v) is 2.35. The zero-order chi connectivity index (χ0) is 24.6. The first-order valence-electron chi connectivity index (χ1n) is 9.91. The molecule has 9 heteroatoms. The molecule has 0 aliphatic heterocycles. The van der Waals surface area contributed by atoms with Crippen molar-refractivity contribution in [3.63, 3.8) is 0 Å². The van der Waals surface area contributed by atoms with Crippen molar-refractivity contribution in [3.8, 4) is 23.6 Å². The third kappa shape index (κ3) is 9.94. The highest BCUT2D eigenvalue weighted by Crippen LogP contribution is 2.14. The first kappa shape index (κ1) is 25.4. The lowest BCUT2D eigenvalue weighted by molar-refractivity contribution is -0.148. The molecule has 0 saturated carbocycles. The number of carbonyl (C=O) groups is 3. The zero-order valence-corrected chi connectivity index (χ0v) is 18.0. The predicted molar refractivity (Wildman–Crippen MR) is 120 cm³/mol. The molecule has 2 rings (SSSR count). The number of hydrogen-bond acceptors (Lipinski definition) is 9. The van der Waals surface area contributed by atoms with Gasteiger partial charge in [0.05, 0.1) is 0 Å². The summed E-state index contributed by atoms with van der Waals surface area (Å²) in [7, 11) is 0. The molecule has 0 spiro atoms. The molecule has 0 aromatic heterocycles. The van der Waals surface area contributed by atoms with Gasteiger partial charge in [-0.2, -0.15) is 10.5 Å². The van der Waals surface area contributed by atoms with Crippen molar-refractivity contribution in [2.24, 2.45) is 0 Å². The van der Waals surface area contributed by atoms with Crippen molar-refractivity contribution in [1.82, 2.24) is 0 Å². The predicted octanol–water partition coefficient (Wildman–Crippen LogP) is 2.87. The molecular weight excluding hydrogens is 440 g/mol. The van der Waals surface area contributed by atoms with Gasteiger partial charge in [0, 0.05) is 12.2 Å². The third-order valence-corrected chi connectivity index (χ3v) is 3.94. The lowest BCUT2D eigenvalue weighted by Gasteiger charge is -2.03. The number of carbonyl (C=O) groups excluding carboxylic acids is 3. The quantitative estimate of drug-likeness (QED) is 0.346. The van der Waals surface area contributed by atoms with Crippen molar-refractivity contribution >= 4 is 29.9 Å². The van der Waals surface area contributed by atoms with Gasteiger partial charge in [-0.15, -0.1) is 0 Å². The summed E-state index contributed by atoms with van der Waals surface area (Å²) in [5.41, 5.74) is 1.38. The molecule has 172 valence electrons. The average Bonchev–Trinajstić information content (AvgIpc) is 2.87. The zero-order valence-electron chi connectivity index (χ0n) is 18.0. The second-order valence-corrected chi connectivity index (χ2v) is 6.45. The van der Waals surface area contributed by atoms with Crippen LogP contribution in [0.1, 0.15) is 11.1 Å². The molecule has 0 amide bonds. The summed E-state index contributed by atoms with van der Waals surface area (Å²) < 4.78 is 19.9. The highest BCUT2D eigenvalue weighted by atomic mass is 16.6. The van der Waals surface area contributed by atoms with Crippen LogP contribution in [0.25, 0.3) is 12.2 Å². The number of nitrogens with zero attached hydrogens (tertiary/aromatic N) is 2. The summed E-state index contributed by atoms with van der Waals surface area (Å²) in [4.78, 5) is 35.3. The molecule has 0 N–H and O–H groups in total. The molecule has 0 radical (unpaired) electrons. The minimum absolute atomic E-state index is 0.0598. The summed E-state index contributed by atoms with van der Waals surface area (Å²) in [5, 5.41) is 16.9. The summed E-state index contributed by atoms with van der Waals surface area (Å²) in [5.74, 6) is -0.994. The Bertz CT molecular complexity index is 1030. The van der Waals surface area contributed by atoms with E-state index in [0.29, 0.717) is 22.6 Å². The Balaban J connectivity index is 1.68. The smallest absolute Gasteiger partial charge is 0.331 e. The third-order valence-electron chi connectivity index (χ3n) is 3.94. The average molecular weight is 460 g/mol. The molecule has 0 unspecified atom stereocenters. The summed E-state index contributed by atoms with van der Waals surface area (Å²) in [6, 6.07) is 17.1. The molecule has 0 aliphatic rings. The van der Waals surface area contributed by atoms with E-state index >= 15 is 0 Å². The molecule has 0 saturated heterocycles. The molecular formula is C25H20N2O7. The maximum Gasteiger partial charge on any atom is 0.331 e. The normalized spacial score (nSPS) is 10.3. The van der Waals surface area contributed by atoms with Crippen LogP contribution >= 0.6 is 0 Å². The van der Waals surface area contributed by atoms with Gasteiger partial charge in [-0.05, 0) is 47.5 Å². The molecule has 0 heterocycles. The number of benzene rings is 2. The lowest BCUT2D eigenvalue weighted by atomic mass is 10.2. The number of esters is 2. The summed E-state index contributed by atoms with van der Waals surface area (Å²) in [6.45, 7) is -1.19. The summed E-state index contributed by atoms with van der Waals surface area (Å²) >= 11 is 0. The van der Waals surface area contributed by atoms with Gasteiger partial charge in [0.15, 0.2) is 26.4 Å². The molecule has 0 fully saturated rings. The van der Waals surface area contributed by atoms with Crippen molar-refractivity contribution in [2.75, 3.05) is 26.4 Å². The first-order valence-corrected chi connectivity index (χ1v) is 9.91. The van der Waals surface area contributed by atoms with Crippen LogP contribution in [0.5, 0.6) is 11.5 Å². The van der Waals surface area contributed by atoms with Gasteiger partial charge < -0.3 is 18.9 Å². The lowest BCUT2D eigenvalue weighted by Crippen LogP contribution is -2.19. The Morgan fingerprint density at radius 1 is 0.676 bits per heavy atom. The fourth-order valence-electron chi connectivity index (χ4n) is 2.35. The Kier molecular flexibility index (Phi) is 10.6. The van der Waals surface area contributed by atoms with E-state index in [1.54, 1.807) is 48.5 Å². The van der Waals surface area contributed by atoms with Gasteiger partial charge in [0.25, 0.3) is 0 Å². The van der Waals surface area contributed by atoms with Gasteiger partial charge in [-0.25, -0.2) is 9.59 Å². The van der Waals surface area contributed by atoms with Crippen LogP contribution in [0.15, 0.2) is 60.7 Å². The number of Topliss-reactive ketones (excluding diaryl/α,β-unsaturated/α-hetero) is 1. The van der Waals surface area contributed by atoms with E-state index in [-0.39, 0.29) is 13.2 Å². The Hall–Kier alpha value is -4.89. The van der Waals surface area contributed by atoms with E-state index in [1.807, 2.05) is 12.1 Å². The number of ketones is 1. The van der Waals surface area contributed by atoms with Crippen LogP contribution in [-0.2, 0) is 23.9 Å². The monoisotopic (exact) mass is 460 g/mol. The van der Waals surface area contributed by atoms with Crippen molar-refractivity contribution < 1.29 is 33.3 Å². The number of rotatable bonds is 12. The number of nitriles is 2. The standard InChI is InChI=1S/C25H20N2O7/c26-13-15-31-22-7-1-19(2-8-22)5-11-24(29)33-17-21(28)18-34-25(30)12-6-20-3-9-23(10-4-20)32-16-14-27/h1-12H,15-18H2/b11-5+,12-6+. The molecule has 2 aromatic rings. The molecule has 0 aliphatic carbocycles. The van der Waals surface area contributed by atoms with Gasteiger partial charge in [0.1, 0.15) is 23.6 Å². The fraction of sp³-hybridized carbons (Fsp3) is 0.160. The maximum atomic E-state index is 11.8. The van der Waals surface area contributed by atoms with Gasteiger partial charge in [-0.1, -0.05) is 24.3 Å². The van der Waals surface area contributed by atoms with Crippen LogP contribution in [0, 0.1) is 22.7 Å². The van der Waals surface area contributed by atoms with Crippen LogP contribution in [0.4, 0.5) is 0 Å². The van der Waals surface area contributed by atoms with Crippen molar-refractivity contribution in [2.45, 2.75) is 0 Å². The van der Waals surface area contributed by atoms with Crippen LogP contribution < -0.4 is 9.47 Å². The number of hydrogen-bond donors (Lipinski definition) is 0. The Morgan fingerprint density at radius 2 is 1.06 bits per heavy atom. The van der Waals surface area contributed by atoms with Crippen LogP contribution in [0.2, 0.25) is 0 Å². The molecule has 0 atom stereocenters. The minimum atomic E-state index is -0.730. The van der Waals surface area contributed by atoms with E-state index in [4.69, 9.17) is 29.5 Å². The van der Waals surface area contributed by atoms with Gasteiger partial charge in [0.2, 0.25) is 5.78 Å². The topological polar surface area (TPSA) is 136 Å². The highest BCUT2D eigenvalue weighted by Gasteiger charge is 2.08. The molecule has 34 heavy (non-hydrogen) atoms. The van der Waals surface area contributed by atoms with E-state index in [0.717, 1.165) is 12.2 Å². The van der Waals surface area contributed by atoms with Crippen molar-refractivity contribution in [3.05, 3.63) is 71.8 Å². The second-order valence-electron chi connectivity index (χ2n) is 6.45. The van der Waals surface area contributed by atoms with Gasteiger partial charge in [-0.3, -0.25) is 4.79 Å². The number of ether oxygens (including phenoxy) is 4. The Labute approximate surface area is 196 Å². The minimum Gasteiger partial charge on any atom is -0.479 e. The van der Waals surface area contributed by atoms with Crippen LogP contribution in [0.3, 0.4) is 0 Å². The van der Waals surface area contributed by atoms with Gasteiger partial charge >= 0.3 is 11.9 Å². The van der Waals surface area contributed by atoms with E-state index in [2.05, 4.69) is 0 Å². The molecule has 0 bridgehead atoms. The summed E-state index contributed by atoms with van der Waals surface area (Å²) in [6.07, 6.45) is 5.30. The highest BCUT2D eigenvalue weighted by molar-refractivity contribution is 5.92. The largest absolute Gasteiger partial charge is 0.479 e. The SMILES string of the molecule is N#CCOc1ccc(/C=C/C(=O)OCC(=O)COC(=O)/C=C/c2ccc(OCC#N)cc2)cc1.